The van der Waals surface area contributed by atoms with Crippen LogP contribution in [0.3, 0.4) is 0 Å². The van der Waals surface area contributed by atoms with Gasteiger partial charge in [0.2, 0.25) is 5.91 Å². The second-order valence-corrected chi connectivity index (χ2v) is 5.02. The zero-order chi connectivity index (χ0) is 14.4. The van der Waals surface area contributed by atoms with Gasteiger partial charge >= 0.3 is 5.97 Å². The van der Waals surface area contributed by atoms with Gasteiger partial charge in [0.15, 0.2) is 5.13 Å². The van der Waals surface area contributed by atoms with Crippen molar-refractivity contribution in [1.29, 1.82) is 0 Å². The van der Waals surface area contributed by atoms with Crippen LogP contribution in [0.2, 0.25) is 0 Å². The Bertz CT molecular complexity index is 465. The lowest BCUT2D eigenvalue weighted by molar-refractivity contribution is -0.117. The number of aryl methyl sites for hydroxylation is 1. The first-order chi connectivity index (χ1) is 9.03. The summed E-state index contributed by atoms with van der Waals surface area (Å²) in [5, 5.41) is 3.02. The third-order valence-corrected chi connectivity index (χ3v) is 3.56. The van der Waals surface area contributed by atoms with Crippen LogP contribution in [0.15, 0.2) is 0 Å². The number of carbonyl (C=O) groups excluding carboxylic acids is 2. The van der Waals surface area contributed by atoms with E-state index in [1.165, 1.54) is 7.11 Å². The Morgan fingerprint density at radius 3 is 2.60 bits per heavy atom. The van der Waals surface area contributed by atoms with Crippen molar-refractivity contribution in [1.82, 2.24) is 4.98 Å². The molecule has 6 nitrogen and oxygen atoms in total. The number of nitrogens with two attached hydrogens (primary N) is 1. The van der Waals surface area contributed by atoms with Crippen LogP contribution in [0.5, 0.6) is 0 Å². The highest BCUT2D eigenvalue weighted by atomic mass is 35.5. The van der Waals surface area contributed by atoms with E-state index in [1.807, 2.05) is 13.8 Å². The van der Waals surface area contributed by atoms with Crippen LogP contribution >= 0.6 is 23.7 Å². The molecule has 1 heterocycles. The molecule has 0 fully saturated rings. The Kier molecular flexibility index (Phi) is 8.36. The number of rotatable bonds is 6. The van der Waals surface area contributed by atoms with Crippen molar-refractivity contribution in [2.75, 3.05) is 12.4 Å². The summed E-state index contributed by atoms with van der Waals surface area (Å²) in [5.74, 6) is -0.720. The zero-order valence-corrected chi connectivity index (χ0v) is 13.4. The van der Waals surface area contributed by atoms with Gasteiger partial charge in [0.25, 0.3) is 0 Å². The molecule has 1 amide bonds. The third kappa shape index (κ3) is 4.73. The Morgan fingerprint density at radius 1 is 1.45 bits per heavy atom. The van der Waals surface area contributed by atoms with Gasteiger partial charge in [-0.05, 0) is 12.8 Å². The van der Waals surface area contributed by atoms with Gasteiger partial charge in [0, 0.05) is 0 Å². The fourth-order valence-electron chi connectivity index (χ4n) is 1.54. The van der Waals surface area contributed by atoms with Crippen LogP contribution < -0.4 is 11.1 Å². The van der Waals surface area contributed by atoms with Gasteiger partial charge in [-0.25, -0.2) is 9.78 Å². The van der Waals surface area contributed by atoms with Crippen molar-refractivity contribution in [2.24, 2.45) is 5.73 Å². The lowest BCUT2D eigenvalue weighted by atomic mass is 10.2. The molecule has 1 aromatic rings. The van der Waals surface area contributed by atoms with E-state index in [0.717, 1.165) is 17.8 Å². The molecule has 3 N–H and O–H groups in total. The van der Waals surface area contributed by atoms with E-state index in [4.69, 9.17) is 5.73 Å². The summed E-state index contributed by atoms with van der Waals surface area (Å²) in [6, 6.07) is -0.555. The van der Waals surface area contributed by atoms with Crippen LogP contribution in [0.25, 0.3) is 0 Å². The molecule has 0 aliphatic carbocycles. The highest BCUT2D eigenvalue weighted by molar-refractivity contribution is 7.17. The smallest absolute Gasteiger partial charge is 0.350 e. The van der Waals surface area contributed by atoms with E-state index < -0.39 is 12.0 Å². The lowest BCUT2D eigenvalue weighted by Crippen LogP contribution is -2.35. The Hall–Kier alpha value is -1.18. The fourth-order valence-corrected chi connectivity index (χ4v) is 2.51. The van der Waals surface area contributed by atoms with Gasteiger partial charge in [0.1, 0.15) is 4.88 Å². The van der Waals surface area contributed by atoms with Gasteiger partial charge in [-0.1, -0.05) is 31.6 Å². The standard InChI is InChI=1S/C12H19N3O3S.ClH/c1-4-6-7(13)10(16)15-12-14-8(5-2)9(19-12)11(17)18-3;/h7H,4-6,13H2,1-3H3,(H,14,15,16);1H. The topological polar surface area (TPSA) is 94.3 Å². The molecule has 0 spiro atoms. The number of hydrogen-bond acceptors (Lipinski definition) is 6. The first-order valence-corrected chi connectivity index (χ1v) is 6.99. The number of anilines is 1. The average Bonchev–Trinajstić information content (AvgIpc) is 2.81. The van der Waals surface area contributed by atoms with Crippen molar-refractivity contribution >= 4 is 40.8 Å². The molecule has 1 aromatic heterocycles. The number of nitrogens with one attached hydrogen (secondary N) is 1. The van der Waals surface area contributed by atoms with Gasteiger partial charge in [-0.3, -0.25) is 4.79 Å². The van der Waals surface area contributed by atoms with Crippen molar-refractivity contribution in [3.8, 4) is 0 Å². The molecule has 0 radical (unpaired) electrons. The van der Waals surface area contributed by atoms with E-state index in [0.29, 0.717) is 28.5 Å². The van der Waals surface area contributed by atoms with E-state index in [2.05, 4.69) is 15.0 Å². The number of ether oxygens (including phenoxy) is 1. The minimum atomic E-state index is -0.555. The summed E-state index contributed by atoms with van der Waals surface area (Å²) < 4.78 is 4.68. The molecule has 1 rings (SSSR count). The van der Waals surface area contributed by atoms with Crippen molar-refractivity contribution < 1.29 is 14.3 Å². The Labute approximate surface area is 128 Å². The van der Waals surface area contributed by atoms with Crippen LogP contribution in [0, 0.1) is 0 Å². The number of esters is 1. The van der Waals surface area contributed by atoms with Crippen LogP contribution in [0.4, 0.5) is 5.13 Å². The average molecular weight is 322 g/mol. The summed E-state index contributed by atoms with van der Waals surface area (Å²) in [6.07, 6.45) is 2.04. The first kappa shape index (κ1) is 18.8. The molecular formula is C12H20ClN3O3S. The number of hydrogen-bond donors (Lipinski definition) is 2. The first-order valence-electron chi connectivity index (χ1n) is 6.17. The van der Waals surface area contributed by atoms with Crippen molar-refractivity contribution in [3.05, 3.63) is 10.6 Å². The summed E-state index contributed by atoms with van der Waals surface area (Å²) in [4.78, 5) is 27.9. The monoisotopic (exact) mass is 321 g/mol. The molecule has 1 atom stereocenters. The maximum Gasteiger partial charge on any atom is 0.350 e. The van der Waals surface area contributed by atoms with Crippen molar-refractivity contribution in [3.63, 3.8) is 0 Å². The van der Waals surface area contributed by atoms with E-state index >= 15 is 0 Å². The van der Waals surface area contributed by atoms with Gasteiger partial charge in [0.05, 0.1) is 18.8 Å². The van der Waals surface area contributed by atoms with E-state index in [1.54, 1.807) is 0 Å². The number of thiazole rings is 1. The van der Waals surface area contributed by atoms with Gasteiger partial charge in [-0.2, -0.15) is 0 Å². The quantitative estimate of drug-likeness (QED) is 0.781. The molecule has 0 aliphatic heterocycles. The molecule has 1 unspecified atom stereocenters. The van der Waals surface area contributed by atoms with E-state index in [-0.39, 0.29) is 18.3 Å². The molecule has 0 aromatic carbocycles. The molecule has 0 bridgehead atoms. The SMILES string of the molecule is CCCC(N)C(=O)Nc1nc(CC)c(C(=O)OC)s1.Cl. The summed E-state index contributed by atoms with van der Waals surface area (Å²) in [5.41, 5.74) is 6.33. The zero-order valence-electron chi connectivity index (χ0n) is 11.8. The summed E-state index contributed by atoms with van der Waals surface area (Å²) in [6.45, 7) is 3.84. The van der Waals surface area contributed by atoms with Gasteiger partial charge < -0.3 is 15.8 Å². The molecule has 20 heavy (non-hydrogen) atoms. The second-order valence-electron chi connectivity index (χ2n) is 4.02. The normalized spacial score (nSPS) is 11.4. The minimum Gasteiger partial charge on any atom is -0.465 e. The minimum absolute atomic E-state index is 0. The number of amides is 1. The fraction of sp³-hybridized carbons (Fsp3) is 0.583. The Morgan fingerprint density at radius 2 is 2.10 bits per heavy atom. The predicted molar refractivity (Wildman–Crippen MR) is 81.6 cm³/mol. The van der Waals surface area contributed by atoms with Crippen LogP contribution in [0.1, 0.15) is 42.1 Å². The number of aromatic nitrogens is 1. The summed E-state index contributed by atoms with van der Waals surface area (Å²) >= 11 is 1.11. The van der Waals surface area contributed by atoms with E-state index in [9.17, 15) is 9.59 Å². The molecule has 0 aliphatic rings. The molecule has 0 saturated heterocycles. The van der Waals surface area contributed by atoms with Crippen LogP contribution in [-0.4, -0.2) is 30.0 Å². The lowest BCUT2D eigenvalue weighted by Gasteiger charge is -2.08. The molecule has 0 saturated carbocycles. The molecule has 114 valence electrons. The van der Waals surface area contributed by atoms with Gasteiger partial charge in [-0.15, -0.1) is 12.4 Å². The summed E-state index contributed by atoms with van der Waals surface area (Å²) in [7, 11) is 1.32. The second kappa shape index (κ2) is 8.89. The highest BCUT2D eigenvalue weighted by Crippen LogP contribution is 2.24. The maximum atomic E-state index is 11.8. The van der Waals surface area contributed by atoms with Crippen LogP contribution in [-0.2, 0) is 16.0 Å². The maximum absolute atomic E-state index is 11.8. The number of methoxy groups -OCH3 is 1. The largest absolute Gasteiger partial charge is 0.465 e. The Balaban J connectivity index is 0.00000361. The predicted octanol–water partition coefficient (Wildman–Crippen LogP) is 1.98. The number of carbonyl (C=O) groups is 2. The number of halogens is 1. The van der Waals surface area contributed by atoms with Crippen molar-refractivity contribution in [2.45, 2.75) is 39.2 Å². The molecule has 8 heteroatoms. The molecular weight excluding hydrogens is 302 g/mol. The third-order valence-electron chi connectivity index (χ3n) is 2.57. The highest BCUT2D eigenvalue weighted by Gasteiger charge is 2.20. The number of nitrogens with zero attached hydrogens (tertiary/aromatic N) is 1.